The Hall–Kier alpha value is -1.14. The number of nitrogens with zero attached hydrogens (tertiary/aromatic N) is 2. The fraction of sp³-hybridized carbons (Fsp3) is 0.895. The summed E-state index contributed by atoms with van der Waals surface area (Å²) in [5.74, 6) is -0.115. The van der Waals surface area contributed by atoms with Crippen LogP contribution in [0.25, 0.3) is 0 Å². The Kier molecular flexibility index (Phi) is 10.7. The zero-order valence-corrected chi connectivity index (χ0v) is 16.6. The average Bonchev–Trinajstić information content (AvgIpc) is 3.41. The van der Waals surface area contributed by atoms with Crippen molar-refractivity contribution in [3.63, 3.8) is 0 Å². The normalized spacial score (nSPS) is 19.3. The second kappa shape index (κ2) is 12.3. The van der Waals surface area contributed by atoms with Gasteiger partial charge in [0, 0.05) is 13.1 Å². The van der Waals surface area contributed by atoms with Crippen LogP contribution in [0, 0.1) is 11.8 Å². The molecule has 0 aliphatic heterocycles. The van der Waals surface area contributed by atoms with E-state index in [4.69, 9.17) is 0 Å². The van der Waals surface area contributed by atoms with Crippen molar-refractivity contribution in [3.8, 4) is 0 Å². The van der Waals surface area contributed by atoms with Crippen LogP contribution in [0.5, 0.6) is 0 Å². The minimum absolute atomic E-state index is 0.0496. The topological polar surface area (TPSA) is 64.7 Å². The van der Waals surface area contributed by atoms with E-state index in [-0.39, 0.29) is 23.7 Å². The number of carbonyl (C=O) groups is 2. The molecule has 146 valence electrons. The lowest BCUT2D eigenvalue weighted by atomic mass is 10.2. The highest BCUT2D eigenvalue weighted by molar-refractivity contribution is 5.92. The minimum atomic E-state index is -0.107. The van der Waals surface area contributed by atoms with Crippen LogP contribution in [0.4, 0.5) is 0 Å². The smallest absolute Gasteiger partial charge is 0.223 e. The van der Waals surface area contributed by atoms with E-state index in [2.05, 4.69) is 48.4 Å². The minimum Gasteiger partial charge on any atom is -0.356 e. The van der Waals surface area contributed by atoms with Gasteiger partial charge in [0.2, 0.25) is 11.8 Å². The molecule has 25 heavy (non-hydrogen) atoms. The van der Waals surface area contributed by atoms with Gasteiger partial charge in [-0.25, -0.2) is 0 Å². The maximum absolute atomic E-state index is 12.1. The number of hydrogen-bond acceptors (Lipinski definition) is 4. The summed E-state index contributed by atoms with van der Waals surface area (Å²) in [4.78, 5) is 28.6. The van der Waals surface area contributed by atoms with Crippen molar-refractivity contribution in [2.75, 3.05) is 53.4 Å². The Morgan fingerprint density at radius 2 is 1.20 bits per heavy atom. The van der Waals surface area contributed by atoms with Gasteiger partial charge in [-0.2, -0.15) is 0 Å². The third-order valence-electron chi connectivity index (χ3n) is 5.08. The Morgan fingerprint density at radius 3 is 1.56 bits per heavy atom. The monoisotopic (exact) mass is 354 g/mol. The van der Waals surface area contributed by atoms with E-state index >= 15 is 0 Å². The molecule has 1 rings (SSSR count). The molecule has 1 aliphatic rings. The summed E-state index contributed by atoms with van der Waals surface area (Å²) in [6, 6.07) is 0. The molecule has 0 aromatic carbocycles. The quantitative estimate of drug-likeness (QED) is 0.462. The van der Waals surface area contributed by atoms with Gasteiger partial charge in [-0.1, -0.05) is 13.8 Å². The molecule has 0 saturated heterocycles. The zero-order chi connectivity index (χ0) is 18.7. The number of unbranched alkanes of at least 4 members (excludes halogenated alkanes) is 2. The van der Waals surface area contributed by atoms with Crippen LogP contribution < -0.4 is 10.6 Å². The zero-order valence-electron chi connectivity index (χ0n) is 16.6. The molecular weight excluding hydrogens is 316 g/mol. The fourth-order valence-corrected chi connectivity index (χ4v) is 2.79. The first-order valence-electron chi connectivity index (χ1n) is 9.92. The van der Waals surface area contributed by atoms with E-state index in [0.717, 1.165) is 51.9 Å². The Labute approximate surface area is 153 Å². The van der Waals surface area contributed by atoms with Crippen molar-refractivity contribution < 1.29 is 9.59 Å². The third-order valence-corrected chi connectivity index (χ3v) is 5.08. The lowest BCUT2D eigenvalue weighted by Gasteiger charge is -2.13. The molecule has 1 saturated carbocycles. The maximum atomic E-state index is 12.1. The number of nitrogens with one attached hydrogen (secondary N) is 2. The van der Waals surface area contributed by atoms with Crippen molar-refractivity contribution >= 4 is 11.8 Å². The lowest BCUT2D eigenvalue weighted by Crippen LogP contribution is -2.31. The summed E-state index contributed by atoms with van der Waals surface area (Å²) in [5, 5.41) is 5.95. The van der Waals surface area contributed by atoms with Crippen LogP contribution in [0.3, 0.4) is 0 Å². The molecule has 0 bridgehead atoms. The van der Waals surface area contributed by atoms with Crippen molar-refractivity contribution in [1.29, 1.82) is 0 Å². The van der Waals surface area contributed by atoms with E-state index in [1.807, 2.05) is 0 Å². The predicted octanol–water partition coefficient (Wildman–Crippen LogP) is 1.32. The second-order valence-corrected chi connectivity index (χ2v) is 7.24. The molecular formula is C19H38N4O2. The fourth-order valence-electron chi connectivity index (χ4n) is 2.79. The van der Waals surface area contributed by atoms with E-state index < -0.39 is 0 Å². The standard InChI is InChI=1S/C19H38N4O2/c1-5-22(3)13-9-7-11-20-18(24)16-15-17(16)19(25)21-12-8-10-14-23(4)6-2/h16-17H,5-15H2,1-4H3,(H,20,24)(H,21,25). The Bertz CT molecular complexity index is 367. The van der Waals surface area contributed by atoms with E-state index in [9.17, 15) is 9.59 Å². The average molecular weight is 355 g/mol. The van der Waals surface area contributed by atoms with Crippen molar-refractivity contribution in [2.45, 2.75) is 46.0 Å². The molecule has 1 fully saturated rings. The highest BCUT2D eigenvalue weighted by Gasteiger charge is 2.47. The summed E-state index contributed by atoms with van der Waals surface area (Å²) in [5.41, 5.74) is 0. The highest BCUT2D eigenvalue weighted by atomic mass is 16.2. The van der Waals surface area contributed by atoms with Gasteiger partial charge in [-0.15, -0.1) is 0 Å². The summed E-state index contributed by atoms with van der Waals surface area (Å²) < 4.78 is 0. The van der Waals surface area contributed by atoms with E-state index in [1.54, 1.807) is 0 Å². The highest BCUT2D eigenvalue weighted by Crippen LogP contribution is 2.38. The Balaban J connectivity index is 2.03. The van der Waals surface area contributed by atoms with Gasteiger partial charge >= 0.3 is 0 Å². The predicted molar refractivity (Wildman–Crippen MR) is 102 cm³/mol. The van der Waals surface area contributed by atoms with Gasteiger partial charge in [0.1, 0.15) is 0 Å². The first-order valence-corrected chi connectivity index (χ1v) is 9.92. The van der Waals surface area contributed by atoms with Crippen LogP contribution >= 0.6 is 0 Å². The molecule has 0 aromatic heterocycles. The van der Waals surface area contributed by atoms with Crippen LogP contribution in [0.1, 0.15) is 46.0 Å². The van der Waals surface area contributed by atoms with Crippen LogP contribution in [-0.2, 0) is 9.59 Å². The lowest BCUT2D eigenvalue weighted by molar-refractivity contribution is -0.127. The summed E-state index contributed by atoms with van der Waals surface area (Å²) in [6.45, 7) is 9.95. The Morgan fingerprint density at radius 1 is 0.800 bits per heavy atom. The van der Waals surface area contributed by atoms with Crippen LogP contribution in [0.2, 0.25) is 0 Å². The molecule has 2 unspecified atom stereocenters. The summed E-state index contributed by atoms with van der Waals surface area (Å²) in [6.07, 6.45) is 4.87. The van der Waals surface area contributed by atoms with Crippen LogP contribution in [-0.4, -0.2) is 75.0 Å². The van der Waals surface area contributed by atoms with Gasteiger partial charge < -0.3 is 20.4 Å². The number of carbonyl (C=O) groups excluding carboxylic acids is 2. The second-order valence-electron chi connectivity index (χ2n) is 7.24. The molecule has 2 N–H and O–H groups in total. The maximum Gasteiger partial charge on any atom is 0.223 e. The molecule has 1 aliphatic carbocycles. The molecule has 6 heteroatoms. The third kappa shape index (κ3) is 9.21. The molecule has 2 amide bonds. The number of amides is 2. The van der Waals surface area contributed by atoms with Crippen molar-refractivity contribution in [3.05, 3.63) is 0 Å². The molecule has 0 spiro atoms. The molecule has 0 aromatic rings. The number of rotatable bonds is 14. The van der Waals surface area contributed by atoms with Crippen molar-refractivity contribution in [2.24, 2.45) is 11.8 Å². The van der Waals surface area contributed by atoms with Gasteiger partial charge in [0.25, 0.3) is 0 Å². The van der Waals surface area contributed by atoms with Crippen LogP contribution in [0.15, 0.2) is 0 Å². The first-order chi connectivity index (χ1) is 12.0. The number of hydrogen-bond donors (Lipinski definition) is 2. The van der Waals surface area contributed by atoms with E-state index in [1.165, 1.54) is 0 Å². The molecule has 0 radical (unpaired) electrons. The van der Waals surface area contributed by atoms with E-state index in [0.29, 0.717) is 19.5 Å². The molecule has 0 heterocycles. The summed E-state index contributed by atoms with van der Waals surface area (Å²) >= 11 is 0. The first kappa shape index (κ1) is 21.9. The van der Waals surface area contributed by atoms with Gasteiger partial charge in [0.05, 0.1) is 11.8 Å². The summed E-state index contributed by atoms with van der Waals surface area (Å²) in [7, 11) is 4.21. The SMILES string of the molecule is CCN(C)CCCCNC(=O)C1CC1C(=O)NCCCCN(C)CC. The van der Waals surface area contributed by atoms with Gasteiger partial charge in [0.15, 0.2) is 0 Å². The van der Waals surface area contributed by atoms with Gasteiger partial charge in [-0.05, 0) is 72.4 Å². The van der Waals surface area contributed by atoms with Gasteiger partial charge in [-0.3, -0.25) is 9.59 Å². The molecule has 2 atom stereocenters. The largest absolute Gasteiger partial charge is 0.356 e. The molecule has 6 nitrogen and oxygen atoms in total. The van der Waals surface area contributed by atoms with Crippen molar-refractivity contribution in [1.82, 2.24) is 20.4 Å².